The van der Waals surface area contributed by atoms with Gasteiger partial charge in [0.05, 0.1) is 0 Å². The molecule has 3 heteroatoms. The van der Waals surface area contributed by atoms with Crippen LogP contribution < -0.4 is 11.1 Å². The molecule has 0 spiro atoms. The maximum atomic E-state index is 5.85. The van der Waals surface area contributed by atoms with Crippen LogP contribution in [0.4, 0.5) is 0 Å². The molecule has 0 aliphatic carbocycles. The summed E-state index contributed by atoms with van der Waals surface area (Å²) in [6.07, 6.45) is 5.37. The molecule has 3 N–H and O–H groups in total. The summed E-state index contributed by atoms with van der Waals surface area (Å²) in [4.78, 5) is 2.57. The van der Waals surface area contributed by atoms with Crippen molar-refractivity contribution in [3.8, 4) is 0 Å². The van der Waals surface area contributed by atoms with Crippen molar-refractivity contribution >= 4 is 0 Å². The third-order valence-electron chi connectivity index (χ3n) is 3.41. The van der Waals surface area contributed by atoms with E-state index in [9.17, 15) is 0 Å². The average molecular weight is 183 g/mol. The molecule has 0 radical (unpaired) electrons. The fraction of sp³-hybridized carbons (Fsp3) is 1.00. The van der Waals surface area contributed by atoms with E-state index in [0.717, 1.165) is 6.54 Å². The van der Waals surface area contributed by atoms with Gasteiger partial charge in [-0.25, -0.2) is 0 Å². The number of nitrogens with one attached hydrogen (secondary N) is 1. The molecule has 2 atom stereocenters. The van der Waals surface area contributed by atoms with Gasteiger partial charge in [0.1, 0.15) is 0 Å². The zero-order valence-electron chi connectivity index (χ0n) is 8.34. The molecular weight excluding hydrogens is 162 g/mol. The summed E-state index contributed by atoms with van der Waals surface area (Å²) in [7, 11) is 0. The summed E-state index contributed by atoms with van der Waals surface area (Å²) in [5.74, 6) is 0. The second-order valence-corrected chi connectivity index (χ2v) is 4.25. The Morgan fingerprint density at radius 1 is 1.31 bits per heavy atom. The van der Waals surface area contributed by atoms with Crippen LogP contribution in [-0.4, -0.2) is 43.2 Å². The predicted octanol–water partition coefficient (Wildman–Crippen LogP) is 0.162. The molecule has 2 aliphatic rings. The zero-order valence-corrected chi connectivity index (χ0v) is 8.34. The van der Waals surface area contributed by atoms with Gasteiger partial charge in [-0.3, -0.25) is 4.90 Å². The van der Waals surface area contributed by atoms with Crippen molar-refractivity contribution in [1.29, 1.82) is 0 Å². The first-order valence-corrected chi connectivity index (χ1v) is 5.59. The Balaban J connectivity index is 1.90. The van der Waals surface area contributed by atoms with Gasteiger partial charge >= 0.3 is 0 Å². The summed E-state index contributed by atoms with van der Waals surface area (Å²) < 4.78 is 0. The minimum atomic E-state index is 0.602. The maximum absolute atomic E-state index is 5.85. The third-order valence-corrected chi connectivity index (χ3v) is 3.41. The monoisotopic (exact) mass is 183 g/mol. The highest BCUT2D eigenvalue weighted by atomic mass is 15.2. The molecule has 0 bridgehead atoms. The molecule has 76 valence electrons. The van der Waals surface area contributed by atoms with Gasteiger partial charge in [0.2, 0.25) is 0 Å². The van der Waals surface area contributed by atoms with Gasteiger partial charge in [-0.2, -0.15) is 0 Å². The van der Waals surface area contributed by atoms with Crippen LogP contribution in [0.5, 0.6) is 0 Å². The fourth-order valence-electron chi connectivity index (χ4n) is 2.68. The molecule has 2 heterocycles. The Kier molecular flexibility index (Phi) is 3.19. The highest BCUT2D eigenvalue weighted by Crippen LogP contribution is 2.18. The highest BCUT2D eigenvalue weighted by molar-refractivity contribution is 4.90. The number of rotatable bonds is 3. The van der Waals surface area contributed by atoms with Crippen molar-refractivity contribution in [2.24, 2.45) is 5.73 Å². The van der Waals surface area contributed by atoms with Crippen molar-refractivity contribution < 1.29 is 0 Å². The Hall–Kier alpha value is -0.120. The minimum absolute atomic E-state index is 0.602. The summed E-state index contributed by atoms with van der Waals surface area (Å²) in [5, 5.41) is 3.56. The van der Waals surface area contributed by atoms with Crippen molar-refractivity contribution in [2.45, 2.75) is 37.8 Å². The van der Waals surface area contributed by atoms with Crippen LogP contribution in [0.15, 0.2) is 0 Å². The van der Waals surface area contributed by atoms with E-state index in [2.05, 4.69) is 10.2 Å². The van der Waals surface area contributed by atoms with Gasteiger partial charge in [-0.05, 0) is 45.3 Å². The standard InChI is InChI=1S/C10H21N3/c11-8-10(9-4-3-5-12-9)13-6-1-2-7-13/h9-10,12H,1-8,11H2. The number of hydrogen-bond donors (Lipinski definition) is 2. The van der Waals surface area contributed by atoms with Gasteiger partial charge in [-0.1, -0.05) is 0 Å². The van der Waals surface area contributed by atoms with Gasteiger partial charge in [-0.15, -0.1) is 0 Å². The molecule has 13 heavy (non-hydrogen) atoms. The van der Waals surface area contributed by atoms with E-state index in [-0.39, 0.29) is 0 Å². The van der Waals surface area contributed by atoms with Gasteiger partial charge in [0.15, 0.2) is 0 Å². The lowest BCUT2D eigenvalue weighted by molar-refractivity contribution is 0.205. The van der Waals surface area contributed by atoms with E-state index in [1.54, 1.807) is 0 Å². The molecule has 3 nitrogen and oxygen atoms in total. The highest BCUT2D eigenvalue weighted by Gasteiger charge is 2.29. The Morgan fingerprint density at radius 2 is 2.08 bits per heavy atom. The summed E-state index contributed by atoms with van der Waals surface area (Å²) in [5.41, 5.74) is 5.85. The second kappa shape index (κ2) is 4.40. The lowest BCUT2D eigenvalue weighted by Gasteiger charge is -2.31. The number of nitrogens with zero attached hydrogens (tertiary/aromatic N) is 1. The van der Waals surface area contributed by atoms with Crippen molar-refractivity contribution in [3.05, 3.63) is 0 Å². The Bertz CT molecular complexity index is 132. The van der Waals surface area contributed by atoms with Crippen molar-refractivity contribution in [3.63, 3.8) is 0 Å². The third kappa shape index (κ3) is 2.03. The number of hydrogen-bond acceptors (Lipinski definition) is 3. The van der Waals surface area contributed by atoms with Gasteiger partial charge < -0.3 is 11.1 Å². The summed E-state index contributed by atoms with van der Waals surface area (Å²) in [6.45, 7) is 4.53. The molecule has 0 aromatic rings. The first kappa shape index (κ1) is 9.44. The van der Waals surface area contributed by atoms with E-state index in [0.29, 0.717) is 12.1 Å². The minimum Gasteiger partial charge on any atom is -0.329 e. The van der Waals surface area contributed by atoms with Crippen LogP contribution in [0, 0.1) is 0 Å². The van der Waals surface area contributed by atoms with E-state index in [1.807, 2.05) is 0 Å². The molecule has 0 amide bonds. The molecule has 2 rings (SSSR count). The van der Waals surface area contributed by atoms with Crippen molar-refractivity contribution in [1.82, 2.24) is 10.2 Å². The predicted molar refractivity (Wildman–Crippen MR) is 54.7 cm³/mol. The first-order chi connectivity index (χ1) is 6.42. The van der Waals surface area contributed by atoms with E-state index < -0.39 is 0 Å². The molecule has 0 aromatic heterocycles. The smallest absolute Gasteiger partial charge is 0.0371 e. The molecule has 2 aliphatic heterocycles. The molecule has 0 aromatic carbocycles. The van der Waals surface area contributed by atoms with E-state index in [1.165, 1.54) is 45.3 Å². The largest absolute Gasteiger partial charge is 0.329 e. The van der Waals surface area contributed by atoms with Crippen LogP contribution in [0.25, 0.3) is 0 Å². The van der Waals surface area contributed by atoms with Crippen LogP contribution >= 0.6 is 0 Å². The Morgan fingerprint density at radius 3 is 2.62 bits per heavy atom. The maximum Gasteiger partial charge on any atom is 0.0371 e. The first-order valence-electron chi connectivity index (χ1n) is 5.59. The fourth-order valence-corrected chi connectivity index (χ4v) is 2.68. The lowest BCUT2D eigenvalue weighted by atomic mass is 10.1. The molecule has 2 unspecified atom stereocenters. The number of nitrogens with two attached hydrogens (primary N) is 1. The SMILES string of the molecule is NCC(C1CCCN1)N1CCCC1. The lowest BCUT2D eigenvalue weighted by Crippen LogP contribution is -2.50. The van der Waals surface area contributed by atoms with Crippen LogP contribution in [0.1, 0.15) is 25.7 Å². The van der Waals surface area contributed by atoms with E-state index in [4.69, 9.17) is 5.73 Å². The molecule has 0 saturated carbocycles. The van der Waals surface area contributed by atoms with Gasteiger partial charge in [0, 0.05) is 18.6 Å². The number of likely N-dealkylation sites (tertiary alicyclic amines) is 1. The van der Waals surface area contributed by atoms with Crippen LogP contribution in [0.2, 0.25) is 0 Å². The summed E-state index contributed by atoms with van der Waals surface area (Å²) >= 11 is 0. The Labute approximate surface area is 80.7 Å². The van der Waals surface area contributed by atoms with Crippen LogP contribution in [-0.2, 0) is 0 Å². The summed E-state index contributed by atoms with van der Waals surface area (Å²) in [6, 6.07) is 1.27. The second-order valence-electron chi connectivity index (χ2n) is 4.25. The molecular formula is C10H21N3. The molecule has 2 fully saturated rings. The molecule has 2 saturated heterocycles. The normalized spacial score (nSPS) is 32.5. The van der Waals surface area contributed by atoms with Crippen LogP contribution in [0.3, 0.4) is 0 Å². The average Bonchev–Trinajstić information content (AvgIpc) is 2.76. The van der Waals surface area contributed by atoms with Crippen molar-refractivity contribution in [2.75, 3.05) is 26.2 Å². The quantitative estimate of drug-likeness (QED) is 0.655. The zero-order chi connectivity index (χ0) is 9.10. The topological polar surface area (TPSA) is 41.3 Å². The van der Waals surface area contributed by atoms with E-state index >= 15 is 0 Å². The van der Waals surface area contributed by atoms with Gasteiger partial charge in [0.25, 0.3) is 0 Å².